The molecule has 1 aliphatic carbocycles. The van der Waals surface area contributed by atoms with E-state index in [0.717, 1.165) is 19.3 Å². The predicted molar refractivity (Wildman–Crippen MR) is 84.6 cm³/mol. The number of nitrogen functional groups attached to an aromatic ring is 1. The molecule has 0 aromatic heterocycles. The number of benzene rings is 1. The molecule has 2 atom stereocenters. The normalized spacial score (nSPS) is 22.3. The first kappa shape index (κ1) is 16.1. The van der Waals surface area contributed by atoms with Crippen molar-refractivity contribution in [2.75, 3.05) is 12.0 Å². The number of hydrogen-bond acceptors (Lipinski definition) is 5. The summed E-state index contributed by atoms with van der Waals surface area (Å²) in [7, 11) is -3.68. The molecular weight excluding hydrogens is 310 g/mol. The van der Waals surface area contributed by atoms with Crippen LogP contribution in [0.15, 0.2) is 23.1 Å². The Labute approximate surface area is 128 Å². The van der Waals surface area contributed by atoms with Gasteiger partial charge in [-0.2, -0.15) is 11.8 Å². The largest absolute Gasteiger partial charge is 0.398 e. The number of anilines is 1. The van der Waals surface area contributed by atoms with Crippen molar-refractivity contribution in [1.82, 2.24) is 4.72 Å². The maximum atomic E-state index is 12.4. The second kappa shape index (κ2) is 6.25. The van der Waals surface area contributed by atoms with E-state index < -0.39 is 15.9 Å². The van der Waals surface area contributed by atoms with Crippen LogP contribution in [0.3, 0.4) is 0 Å². The molecule has 1 aromatic carbocycles. The van der Waals surface area contributed by atoms with Gasteiger partial charge >= 0.3 is 0 Å². The van der Waals surface area contributed by atoms with Crippen LogP contribution in [0, 0.1) is 0 Å². The summed E-state index contributed by atoms with van der Waals surface area (Å²) in [6.07, 6.45) is 4.68. The average molecular weight is 329 g/mol. The molecule has 0 spiro atoms. The lowest BCUT2D eigenvalue weighted by Crippen LogP contribution is -2.33. The highest BCUT2D eigenvalue weighted by Gasteiger charge is 2.29. The van der Waals surface area contributed by atoms with Crippen molar-refractivity contribution in [3.05, 3.63) is 23.8 Å². The Bertz CT molecular complexity index is 646. The van der Waals surface area contributed by atoms with Crippen molar-refractivity contribution in [1.29, 1.82) is 0 Å². The van der Waals surface area contributed by atoms with Crippen LogP contribution in [-0.2, 0) is 10.0 Å². The average Bonchev–Trinajstić information content (AvgIpc) is 2.85. The van der Waals surface area contributed by atoms with E-state index in [0.29, 0.717) is 5.25 Å². The quantitative estimate of drug-likeness (QED) is 0.695. The standard InChI is InChI=1S/C13H19N3O3S2/c1-20-10-4-3-9(7-10)16-21(18,19)12-5-2-8(13(15)17)6-11(12)14/h2,5-6,9-10,16H,3-4,7,14H2,1H3,(H2,15,17). The summed E-state index contributed by atoms with van der Waals surface area (Å²) >= 11 is 1.76. The molecule has 5 N–H and O–H groups in total. The van der Waals surface area contributed by atoms with Crippen LogP contribution in [0.2, 0.25) is 0 Å². The van der Waals surface area contributed by atoms with Crippen molar-refractivity contribution in [2.45, 2.75) is 35.4 Å². The molecule has 1 saturated carbocycles. The monoisotopic (exact) mass is 329 g/mol. The van der Waals surface area contributed by atoms with Crippen LogP contribution in [0.4, 0.5) is 5.69 Å². The molecule has 0 radical (unpaired) electrons. The highest BCUT2D eigenvalue weighted by atomic mass is 32.2. The molecule has 0 aliphatic heterocycles. The zero-order chi connectivity index (χ0) is 15.6. The van der Waals surface area contributed by atoms with E-state index in [1.165, 1.54) is 18.2 Å². The molecule has 6 nitrogen and oxygen atoms in total. The zero-order valence-corrected chi connectivity index (χ0v) is 13.3. The van der Waals surface area contributed by atoms with Crippen LogP contribution in [0.5, 0.6) is 0 Å². The van der Waals surface area contributed by atoms with Crippen LogP contribution in [0.1, 0.15) is 29.6 Å². The minimum atomic E-state index is -3.68. The number of sulfonamides is 1. The van der Waals surface area contributed by atoms with Crippen molar-refractivity contribution in [3.8, 4) is 0 Å². The fraction of sp³-hybridized carbons (Fsp3) is 0.462. The van der Waals surface area contributed by atoms with Gasteiger partial charge in [0.05, 0.1) is 5.69 Å². The second-order valence-corrected chi connectivity index (χ2v) is 7.93. The van der Waals surface area contributed by atoms with E-state index in [1.54, 1.807) is 11.8 Å². The van der Waals surface area contributed by atoms with Gasteiger partial charge < -0.3 is 11.5 Å². The van der Waals surface area contributed by atoms with Gasteiger partial charge in [0.25, 0.3) is 0 Å². The lowest BCUT2D eigenvalue weighted by Gasteiger charge is -2.15. The molecule has 0 heterocycles. The third-order valence-corrected chi connectivity index (χ3v) is 6.31. The smallest absolute Gasteiger partial charge is 0.248 e. The number of rotatable bonds is 5. The van der Waals surface area contributed by atoms with E-state index in [9.17, 15) is 13.2 Å². The summed E-state index contributed by atoms with van der Waals surface area (Å²) < 4.78 is 27.4. The van der Waals surface area contributed by atoms with E-state index in [2.05, 4.69) is 4.72 Å². The Hall–Kier alpha value is -1.25. The van der Waals surface area contributed by atoms with E-state index >= 15 is 0 Å². The number of carbonyl (C=O) groups excluding carboxylic acids is 1. The third-order valence-electron chi connectivity index (χ3n) is 3.62. The maximum absolute atomic E-state index is 12.4. The summed E-state index contributed by atoms with van der Waals surface area (Å²) in [5, 5.41) is 0.493. The van der Waals surface area contributed by atoms with Crippen LogP contribution < -0.4 is 16.2 Å². The predicted octanol–water partition coefficient (Wildman–Crippen LogP) is 0.930. The molecular formula is C13H19N3O3S2. The first-order chi connectivity index (χ1) is 9.83. The van der Waals surface area contributed by atoms with Crippen LogP contribution in [-0.4, -0.2) is 31.9 Å². The van der Waals surface area contributed by atoms with Gasteiger partial charge in [0, 0.05) is 16.9 Å². The fourth-order valence-corrected chi connectivity index (χ4v) is 4.68. The van der Waals surface area contributed by atoms with Gasteiger partial charge in [0.15, 0.2) is 0 Å². The van der Waals surface area contributed by atoms with Gasteiger partial charge in [-0.1, -0.05) is 0 Å². The molecule has 116 valence electrons. The summed E-state index contributed by atoms with van der Waals surface area (Å²) in [6, 6.07) is 3.91. The number of thioether (sulfide) groups is 1. The zero-order valence-electron chi connectivity index (χ0n) is 11.7. The first-order valence-corrected chi connectivity index (χ1v) is 9.35. The van der Waals surface area contributed by atoms with Gasteiger partial charge in [0.2, 0.25) is 15.9 Å². The summed E-state index contributed by atoms with van der Waals surface area (Å²) in [4.78, 5) is 11.0. The first-order valence-electron chi connectivity index (χ1n) is 6.58. The summed E-state index contributed by atoms with van der Waals surface area (Å²) in [5.41, 5.74) is 11.1. The van der Waals surface area contributed by atoms with Crippen molar-refractivity contribution in [3.63, 3.8) is 0 Å². The molecule has 0 bridgehead atoms. The Morgan fingerprint density at radius 2 is 2.10 bits per heavy atom. The molecule has 1 aromatic rings. The maximum Gasteiger partial charge on any atom is 0.248 e. The van der Waals surface area contributed by atoms with Crippen molar-refractivity contribution in [2.24, 2.45) is 5.73 Å². The molecule has 1 aliphatic rings. The van der Waals surface area contributed by atoms with Crippen molar-refractivity contribution >= 4 is 33.4 Å². The second-order valence-electron chi connectivity index (χ2n) is 5.11. The number of nitrogens with one attached hydrogen (secondary N) is 1. The van der Waals surface area contributed by atoms with Crippen LogP contribution >= 0.6 is 11.8 Å². The van der Waals surface area contributed by atoms with Gasteiger partial charge in [-0.05, 0) is 43.7 Å². The Balaban J connectivity index is 2.18. The lowest BCUT2D eigenvalue weighted by molar-refractivity contribution is 0.1000. The molecule has 8 heteroatoms. The van der Waals surface area contributed by atoms with Crippen molar-refractivity contribution < 1.29 is 13.2 Å². The number of amides is 1. The van der Waals surface area contributed by atoms with Gasteiger partial charge in [-0.3, -0.25) is 4.79 Å². The van der Waals surface area contributed by atoms with Gasteiger partial charge in [-0.25, -0.2) is 13.1 Å². The molecule has 2 rings (SSSR count). The van der Waals surface area contributed by atoms with E-state index in [4.69, 9.17) is 11.5 Å². The number of hydrogen-bond donors (Lipinski definition) is 3. The van der Waals surface area contributed by atoms with Gasteiger partial charge in [-0.15, -0.1) is 0 Å². The molecule has 2 unspecified atom stereocenters. The highest BCUT2D eigenvalue weighted by Crippen LogP contribution is 2.29. The summed E-state index contributed by atoms with van der Waals surface area (Å²) in [5.74, 6) is -0.641. The Morgan fingerprint density at radius 3 is 2.62 bits per heavy atom. The minimum Gasteiger partial charge on any atom is -0.398 e. The molecule has 0 saturated heterocycles. The number of primary amides is 1. The minimum absolute atomic E-state index is 0.0138. The topological polar surface area (TPSA) is 115 Å². The summed E-state index contributed by atoms with van der Waals surface area (Å²) in [6.45, 7) is 0. The SMILES string of the molecule is CSC1CCC(NS(=O)(=O)c2ccc(C(N)=O)cc2N)C1. The fourth-order valence-electron chi connectivity index (χ4n) is 2.49. The van der Waals surface area contributed by atoms with E-state index in [-0.39, 0.29) is 22.2 Å². The van der Waals surface area contributed by atoms with Gasteiger partial charge in [0.1, 0.15) is 4.90 Å². The third kappa shape index (κ3) is 3.69. The highest BCUT2D eigenvalue weighted by molar-refractivity contribution is 7.99. The lowest BCUT2D eigenvalue weighted by atomic mass is 10.2. The Kier molecular flexibility index (Phi) is 4.80. The number of carbonyl (C=O) groups is 1. The molecule has 21 heavy (non-hydrogen) atoms. The molecule has 1 amide bonds. The Morgan fingerprint density at radius 1 is 1.38 bits per heavy atom. The molecule has 1 fully saturated rings. The van der Waals surface area contributed by atoms with Crippen LogP contribution in [0.25, 0.3) is 0 Å². The van der Waals surface area contributed by atoms with E-state index in [1.807, 2.05) is 6.26 Å². The number of nitrogens with two attached hydrogens (primary N) is 2.